The fourth-order valence-corrected chi connectivity index (χ4v) is 5.38. The molecule has 4 atom stereocenters. The van der Waals surface area contributed by atoms with Crippen LogP contribution in [0.25, 0.3) is 10.9 Å². The van der Waals surface area contributed by atoms with Gasteiger partial charge in [-0.05, 0) is 37.1 Å². The Hall–Kier alpha value is -2.58. The number of carbonyl (C=O) groups is 2. The number of carbonyl (C=O) groups excluding carboxylic acids is 2. The van der Waals surface area contributed by atoms with Crippen LogP contribution in [0.15, 0.2) is 24.3 Å². The van der Waals surface area contributed by atoms with Crippen molar-refractivity contribution in [1.82, 2.24) is 15.2 Å². The number of hydrogen-bond acceptors (Lipinski definition) is 5. The van der Waals surface area contributed by atoms with Crippen molar-refractivity contribution in [3.05, 3.63) is 30.0 Å². The zero-order valence-corrected chi connectivity index (χ0v) is 16.4. The van der Waals surface area contributed by atoms with Gasteiger partial charge in [-0.3, -0.25) is 9.59 Å². The first-order valence-electron chi connectivity index (χ1n) is 10.1. The number of aromatic amines is 1. The number of hydrogen-bond donors (Lipinski definition) is 3. The van der Waals surface area contributed by atoms with E-state index in [-0.39, 0.29) is 23.8 Å². The van der Waals surface area contributed by atoms with E-state index in [2.05, 4.69) is 10.3 Å². The quantitative estimate of drug-likeness (QED) is 0.665. The lowest BCUT2D eigenvalue weighted by atomic mass is 9.73. The van der Waals surface area contributed by atoms with Gasteiger partial charge in [-0.15, -0.1) is 0 Å². The van der Waals surface area contributed by atoms with Crippen molar-refractivity contribution in [2.24, 2.45) is 17.6 Å². The zero-order valence-electron chi connectivity index (χ0n) is 16.4. The summed E-state index contributed by atoms with van der Waals surface area (Å²) in [6.07, 6.45) is 1.49. The Morgan fingerprint density at radius 2 is 2.31 bits per heavy atom. The van der Waals surface area contributed by atoms with Gasteiger partial charge in [-0.1, -0.05) is 0 Å². The molecule has 0 unspecified atom stereocenters. The monoisotopic (exact) mass is 398 g/mol. The van der Waals surface area contributed by atoms with Crippen LogP contribution in [0.2, 0.25) is 0 Å². The van der Waals surface area contributed by atoms with Gasteiger partial charge in [0.25, 0.3) is 0 Å². The van der Waals surface area contributed by atoms with Crippen molar-refractivity contribution in [2.75, 3.05) is 26.7 Å². The Labute approximate surface area is 168 Å². The number of nitrogens with zero attached hydrogens (tertiary/aromatic N) is 1. The van der Waals surface area contributed by atoms with Gasteiger partial charge < -0.3 is 30.4 Å². The molecule has 0 aliphatic carbocycles. The lowest BCUT2D eigenvalue weighted by molar-refractivity contribution is -0.138. The van der Waals surface area contributed by atoms with Crippen molar-refractivity contribution < 1.29 is 19.1 Å². The third-order valence-electron chi connectivity index (χ3n) is 6.64. The summed E-state index contributed by atoms with van der Waals surface area (Å²) < 4.78 is 11.5. The molecule has 8 heteroatoms. The van der Waals surface area contributed by atoms with Crippen molar-refractivity contribution >= 4 is 22.7 Å². The van der Waals surface area contributed by atoms with Crippen molar-refractivity contribution in [3.63, 3.8) is 0 Å². The molecule has 2 bridgehead atoms. The van der Waals surface area contributed by atoms with Crippen LogP contribution in [0.3, 0.4) is 0 Å². The highest BCUT2D eigenvalue weighted by Crippen LogP contribution is 2.55. The summed E-state index contributed by atoms with van der Waals surface area (Å²) in [4.78, 5) is 31.0. The molecule has 8 nitrogen and oxygen atoms in total. The number of nitrogens with two attached hydrogens (primary N) is 1. The number of ether oxygens (including phenoxy) is 2. The second kappa shape index (κ2) is 6.74. The maximum atomic E-state index is 13.1. The first kappa shape index (κ1) is 18.4. The van der Waals surface area contributed by atoms with Crippen LogP contribution in [0, 0.1) is 11.8 Å². The number of nitrogens with one attached hydrogen (secondary N) is 2. The second-order valence-corrected chi connectivity index (χ2v) is 8.28. The third kappa shape index (κ3) is 2.81. The molecule has 2 aromatic rings. The van der Waals surface area contributed by atoms with E-state index < -0.39 is 11.5 Å². The van der Waals surface area contributed by atoms with Crippen molar-refractivity contribution in [3.8, 4) is 5.75 Å². The van der Waals surface area contributed by atoms with Crippen molar-refractivity contribution in [1.29, 1.82) is 0 Å². The Bertz CT molecular complexity index is 973. The number of likely N-dealkylation sites (tertiary alicyclic amines) is 1. The van der Waals surface area contributed by atoms with Crippen LogP contribution in [0.5, 0.6) is 5.75 Å². The smallest absolute Gasteiger partial charge is 0.229 e. The van der Waals surface area contributed by atoms with Gasteiger partial charge in [-0.25, -0.2) is 0 Å². The fourth-order valence-electron chi connectivity index (χ4n) is 5.38. The van der Waals surface area contributed by atoms with E-state index in [0.29, 0.717) is 26.2 Å². The maximum absolute atomic E-state index is 13.1. The van der Waals surface area contributed by atoms with Gasteiger partial charge in [-0.2, -0.15) is 0 Å². The van der Waals surface area contributed by atoms with Crippen LogP contribution >= 0.6 is 0 Å². The van der Waals surface area contributed by atoms with Gasteiger partial charge in [0.2, 0.25) is 11.8 Å². The molecule has 29 heavy (non-hydrogen) atoms. The number of aromatic nitrogens is 1. The first-order chi connectivity index (χ1) is 14.0. The molecule has 1 spiro atoms. The molecule has 154 valence electrons. The summed E-state index contributed by atoms with van der Waals surface area (Å²) in [6.45, 7) is 1.86. The number of rotatable bonds is 6. The molecule has 1 aromatic heterocycles. The van der Waals surface area contributed by atoms with E-state index in [1.54, 1.807) is 12.0 Å². The minimum atomic E-state index is -0.503. The van der Waals surface area contributed by atoms with Gasteiger partial charge in [0.05, 0.1) is 43.7 Å². The van der Waals surface area contributed by atoms with E-state index in [1.165, 1.54) is 0 Å². The summed E-state index contributed by atoms with van der Waals surface area (Å²) in [5.41, 5.74) is 7.04. The number of H-pyrrole nitrogens is 1. The minimum Gasteiger partial charge on any atom is -0.497 e. The Balaban J connectivity index is 1.30. The number of methoxy groups -OCH3 is 1. The lowest BCUT2D eigenvalue weighted by Crippen LogP contribution is -2.45. The van der Waals surface area contributed by atoms with Crippen LogP contribution in [0.1, 0.15) is 18.5 Å². The summed E-state index contributed by atoms with van der Waals surface area (Å²) in [5.74, 6) is -0.127. The molecule has 3 fully saturated rings. The molecule has 3 saturated heterocycles. The SMILES string of the molecule is COc1ccc2[nH]c(CNC(=O)[C@H]3[C@@H]4CC[C@@]5(CN(CCN)C(=O)[C@@H]35)O4)cc2c1. The normalized spacial score (nSPS) is 30.2. The van der Waals surface area contributed by atoms with E-state index in [1.807, 2.05) is 24.3 Å². The van der Waals surface area contributed by atoms with E-state index >= 15 is 0 Å². The van der Waals surface area contributed by atoms with Crippen molar-refractivity contribution in [2.45, 2.75) is 31.1 Å². The molecule has 4 N–H and O–H groups in total. The van der Waals surface area contributed by atoms with E-state index in [0.717, 1.165) is 35.2 Å². The average molecular weight is 398 g/mol. The molecule has 5 rings (SSSR count). The summed E-state index contributed by atoms with van der Waals surface area (Å²) in [7, 11) is 1.64. The second-order valence-electron chi connectivity index (χ2n) is 8.28. The van der Waals surface area contributed by atoms with Crippen LogP contribution in [-0.4, -0.2) is 60.1 Å². The fraction of sp³-hybridized carbons (Fsp3) is 0.524. The van der Waals surface area contributed by atoms with Crippen LogP contribution in [0.4, 0.5) is 0 Å². The van der Waals surface area contributed by atoms with Gasteiger partial charge >= 0.3 is 0 Å². The van der Waals surface area contributed by atoms with E-state index in [9.17, 15) is 9.59 Å². The third-order valence-corrected chi connectivity index (χ3v) is 6.64. The number of fused-ring (bicyclic) bond motifs is 2. The predicted molar refractivity (Wildman–Crippen MR) is 106 cm³/mol. The topological polar surface area (TPSA) is 110 Å². The highest BCUT2D eigenvalue weighted by atomic mass is 16.5. The highest BCUT2D eigenvalue weighted by Gasteiger charge is 2.68. The lowest BCUT2D eigenvalue weighted by Gasteiger charge is -2.26. The van der Waals surface area contributed by atoms with Crippen LogP contribution in [-0.2, 0) is 20.9 Å². The summed E-state index contributed by atoms with van der Waals surface area (Å²) in [5, 5.41) is 4.04. The molecular formula is C21H26N4O4. The number of benzene rings is 1. The predicted octanol–water partition coefficient (Wildman–Crippen LogP) is 0.757. The largest absolute Gasteiger partial charge is 0.497 e. The molecular weight excluding hydrogens is 372 g/mol. The average Bonchev–Trinajstić information content (AvgIpc) is 3.45. The Kier molecular flexibility index (Phi) is 4.29. The number of amides is 2. The summed E-state index contributed by atoms with van der Waals surface area (Å²) in [6, 6.07) is 7.80. The molecule has 3 aliphatic rings. The molecule has 4 heterocycles. The van der Waals surface area contributed by atoms with Crippen LogP contribution < -0.4 is 15.8 Å². The van der Waals surface area contributed by atoms with Gasteiger partial charge in [0.1, 0.15) is 5.75 Å². The van der Waals surface area contributed by atoms with Gasteiger partial charge in [0, 0.05) is 29.7 Å². The Morgan fingerprint density at radius 3 is 3.10 bits per heavy atom. The zero-order chi connectivity index (χ0) is 20.2. The molecule has 0 saturated carbocycles. The van der Waals surface area contributed by atoms with E-state index in [4.69, 9.17) is 15.2 Å². The Morgan fingerprint density at radius 1 is 1.45 bits per heavy atom. The molecule has 0 radical (unpaired) electrons. The summed E-state index contributed by atoms with van der Waals surface area (Å²) >= 11 is 0. The first-order valence-corrected chi connectivity index (χ1v) is 10.1. The van der Waals surface area contributed by atoms with Gasteiger partial charge in [0.15, 0.2) is 0 Å². The highest BCUT2D eigenvalue weighted by molar-refractivity contribution is 5.92. The molecule has 1 aromatic carbocycles. The molecule has 2 amide bonds. The standard InChI is InChI=1S/C21H26N4O4/c1-28-14-2-3-15-12(9-14)8-13(24-15)10-23-19(26)17-16-4-5-21(29-16)11-25(7-6-22)20(27)18(17)21/h2-3,8-9,16-18,24H,4-7,10-11,22H2,1H3,(H,23,26)/t16-,17-,18+,21-/m0/s1. The maximum Gasteiger partial charge on any atom is 0.229 e. The molecule has 3 aliphatic heterocycles. The minimum absolute atomic E-state index is 0.00973.